The molecule has 0 spiro atoms. The van der Waals surface area contributed by atoms with Crippen LogP contribution in [0.2, 0.25) is 0 Å². The van der Waals surface area contributed by atoms with Crippen molar-refractivity contribution in [3.8, 4) is 0 Å². The van der Waals surface area contributed by atoms with Gasteiger partial charge in [0.15, 0.2) is 0 Å². The molecule has 1 aromatic rings. The molecule has 17 heavy (non-hydrogen) atoms. The van der Waals surface area contributed by atoms with Crippen LogP contribution in [0.1, 0.15) is 47.2 Å². The summed E-state index contributed by atoms with van der Waals surface area (Å²) in [6.45, 7) is 2.69. The van der Waals surface area contributed by atoms with Gasteiger partial charge < -0.3 is 10.4 Å². The average molecular weight is 233 g/mol. The van der Waals surface area contributed by atoms with Crippen LogP contribution < -0.4 is 5.32 Å². The topological polar surface area (TPSA) is 49.3 Å². The van der Waals surface area contributed by atoms with Crippen LogP contribution in [-0.4, -0.2) is 17.1 Å². The van der Waals surface area contributed by atoms with E-state index in [1.165, 1.54) is 31.2 Å². The zero-order valence-corrected chi connectivity index (χ0v) is 10.2. The number of aryl methyl sites for hydroxylation is 1. The fourth-order valence-corrected chi connectivity index (χ4v) is 2.47. The van der Waals surface area contributed by atoms with E-state index >= 15 is 0 Å². The Hall–Kier alpha value is -1.35. The highest BCUT2D eigenvalue weighted by atomic mass is 16.4. The van der Waals surface area contributed by atoms with Crippen molar-refractivity contribution < 1.29 is 9.90 Å². The van der Waals surface area contributed by atoms with E-state index in [4.69, 9.17) is 5.11 Å². The van der Waals surface area contributed by atoms with Crippen molar-refractivity contribution in [2.75, 3.05) is 0 Å². The lowest BCUT2D eigenvalue weighted by atomic mass is 10.0. The molecule has 0 amide bonds. The van der Waals surface area contributed by atoms with Crippen LogP contribution in [-0.2, 0) is 6.54 Å². The van der Waals surface area contributed by atoms with Gasteiger partial charge in [-0.3, -0.25) is 0 Å². The van der Waals surface area contributed by atoms with Gasteiger partial charge in [-0.1, -0.05) is 25.0 Å². The largest absolute Gasteiger partial charge is 0.478 e. The third-order valence-corrected chi connectivity index (χ3v) is 3.47. The summed E-state index contributed by atoms with van der Waals surface area (Å²) in [5.41, 5.74) is 2.40. The van der Waals surface area contributed by atoms with E-state index in [1.54, 1.807) is 6.07 Å². The first-order valence-corrected chi connectivity index (χ1v) is 6.23. The van der Waals surface area contributed by atoms with E-state index in [0.717, 1.165) is 12.1 Å². The van der Waals surface area contributed by atoms with Gasteiger partial charge in [-0.15, -0.1) is 0 Å². The molecule has 0 aliphatic heterocycles. The second-order valence-electron chi connectivity index (χ2n) is 4.82. The van der Waals surface area contributed by atoms with Gasteiger partial charge in [-0.05, 0) is 37.0 Å². The third-order valence-electron chi connectivity index (χ3n) is 3.47. The third kappa shape index (κ3) is 3.07. The summed E-state index contributed by atoms with van der Waals surface area (Å²) < 4.78 is 0. The van der Waals surface area contributed by atoms with Crippen LogP contribution in [0.25, 0.3) is 0 Å². The SMILES string of the molecule is Cc1cc(CNC2CCCC2)ccc1C(=O)O. The Morgan fingerprint density at radius 2 is 2.12 bits per heavy atom. The lowest BCUT2D eigenvalue weighted by Crippen LogP contribution is -2.25. The van der Waals surface area contributed by atoms with E-state index in [2.05, 4.69) is 5.32 Å². The summed E-state index contributed by atoms with van der Waals surface area (Å²) in [6, 6.07) is 6.21. The predicted octanol–water partition coefficient (Wildman–Crippen LogP) is 2.73. The molecule has 1 aromatic carbocycles. The number of carboxylic acids is 1. The molecule has 2 N–H and O–H groups in total. The molecular weight excluding hydrogens is 214 g/mol. The van der Waals surface area contributed by atoms with Crippen LogP contribution in [0.15, 0.2) is 18.2 Å². The molecule has 1 saturated carbocycles. The smallest absolute Gasteiger partial charge is 0.335 e. The van der Waals surface area contributed by atoms with Gasteiger partial charge in [0.2, 0.25) is 0 Å². The summed E-state index contributed by atoms with van der Waals surface area (Å²) >= 11 is 0. The summed E-state index contributed by atoms with van der Waals surface area (Å²) in [5, 5.41) is 12.5. The molecule has 92 valence electrons. The number of benzene rings is 1. The molecule has 0 saturated heterocycles. The fraction of sp³-hybridized carbons (Fsp3) is 0.500. The fourth-order valence-electron chi connectivity index (χ4n) is 2.47. The minimum atomic E-state index is -0.849. The molecule has 1 aliphatic carbocycles. The standard InChI is InChI=1S/C14H19NO2/c1-10-8-11(6-7-13(10)14(16)17)9-15-12-4-2-3-5-12/h6-8,12,15H,2-5,9H2,1H3,(H,16,17). The van der Waals surface area contributed by atoms with Crippen molar-refractivity contribution in [2.24, 2.45) is 0 Å². The summed E-state index contributed by atoms with van der Waals surface area (Å²) in [7, 11) is 0. The molecule has 0 bridgehead atoms. The molecule has 0 aromatic heterocycles. The van der Waals surface area contributed by atoms with Crippen LogP contribution in [0.5, 0.6) is 0 Å². The molecule has 1 aliphatic rings. The Morgan fingerprint density at radius 3 is 2.71 bits per heavy atom. The van der Waals surface area contributed by atoms with Crippen molar-refractivity contribution in [1.82, 2.24) is 5.32 Å². The number of carboxylic acid groups (broad SMARTS) is 1. The Balaban J connectivity index is 1.97. The monoisotopic (exact) mass is 233 g/mol. The lowest BCUT2D eigenvalue weighted by molar-refractivity contribution is 0.0696. The first kappa shape index (κ1) is 12.1. The van der Waals surface area contributed by atoms with Crippen molar-refractivity contribution in [1.29, 1.82) is 0 Å². The highest BCUT2D eigenvalue weighted by Crippen LogP contribution is 2.18. The molecule has 0 atom stereocenters. The van der Waals surface area contributed by atoms with Gasteiger partial charge in [0.25, 0.3) is 0 Å². The lowest BCUT2D eigenvalue weighted by Gasteiger charge is -2.12. The molecular formula is C14H19NO2. The Bertz CT molecular complexity index is 409. The maximum atomic E-state index is 10.9. The first-order valence-electron chi connectivity index (χ1n) is 6.23. The predicted molar refractivity (Wildman–Crippen MR) is 67.2 cm³/mol. The van der Waals surface area contributed by atoms with Crippen molar-refractivity contribution in [3.05, 3.63) is 34.9 Å². The normalized spacial score (nSPS) is 16.3. The maximum absolute atomic E-state index is 10.9. The Morgan fingerprint density at radius 1 is 1.41 bits per heavy atom. The molecule has 0 unspecified atom stereocenters. The van der Waals surface area contributed by atoms with Gasteiger partial charge >= 0.3 is 5.97 Å². The van der Waals surface area contributed by atoms with Gasteiger partial charge in [-0.2, -0.15) is 0 Å². The van der Waals surface area contributed by atoms with Gasteiger partial charge in [0.1, 0.15) is 0 Å². The molecule has 3 heteroatoms. The number of rotatable bonds is 4. The van der Waals surface area contributed by atoms with Crippen LogP contribution in [0.3, 0.4) is 0 Å². The summed E-state index contributed by atoms with van der Waals surface area (Å²) in [6.07, 6.45) is 5.20. The van der Waals surface area contributed by atoms with E-state index < -0.39 is 5.97 Å². The number of carbonyl (C=O) groups is 1. The number of hydrogen-bond donors (Lipinski definition) is 2. The zero-order valence-electron chi connectivity index (χ0n) is 10.2. The van der Waals surface area contributed by atoms with E-state index in [-0.39, 0.29) is 0 Å². The highest BCUT2D eigenvalue weighted by Gasteiger charge is 2.14. The van der Waals surface area contributed by atoms with Gasteiger partial charge in [0, 0.05) is 12.6 Å². The number of nitrogens with one attached hydrogen (secondary N) is 1. The van der Waals surface area contributed by atoms with Crippen molar-refractivity contribution in [2.45, 2.75) is 45.2 Å². The van der Waals surface area contributed by atoms with Crippen LogP contribution in [0, 0.1) is 6.92 Å². The highest BCUT2D eigenvalue weighted by molar-refractivity contribution is 5.89. The van der Waals surface area contributed by atoms with Gasteiger partial charge in [0.05, 0.1) is 5.56 Å². The van der Waals surface area contributed by atoms with E-state index in [9.17, 15) is 4.79 Å². The molecule has 0 heterocycles. The summed E-state index contributed by atoms with van der Waals surface area (Å²) in [5.74, 6) is -0.849. The molecule has 0 radical (unpaired) electrons. The average Bonchev–Trinajstić information content (AvgIpc) is 2.78. The minimum Gasteiger partial charge on any atom is -0.478 e. The quantitative estimate of drug-likeness (QED) is 0.840. The minimum absolute atomic E-state index is 0.398. The Labute approximate surface area is 102 Å². The van der Waals surface area contributed by atoms with Crippen molar-refractivity contribution >= 4 is 5.97 Å². The molecule has 3 nitrogen and oxygen atoms in total. The van der Waals surface area contributed by atoms with E-state index in [1.807, 2.05) is 19.1 Å². The maximum Gasteiger partial charge on any atom is 0.335 e. The number of aromatic carboxylic acids is 1. The first-order chi connectivity index (χ1) is 8.16. The van der Waals surface area contributed by atoms with Gasteiger partial charge in [-0.25, -0.2) is 4.79 Å². The van der Waals surface area contributed by atoms with E-state index in [0.29, 0.717) is 11.6 Å². The zero-order chi connectivity index (χ0) is 12.3. The van der Waals surface area contributed by atoms with Crippen LogP contribution >= 0.6 is 0 Å². The number of hydrogen-bond acceptors (Lipinski definition) is 2. The Kier molecular flexibility index (Phi) is 3.79. The van der Waals surface area contributed by atoms with Crippen LogP contribution in [0.4, 0.5) is 0 Å². The molecule has 2 rings (SSSR count). The molecule has 1 fully saturated rings. The second kappa shape index (κ2) is 5.32. The van der Waals surface area contributed by atoms with Crippen molar-refractivity contribution in [3.63, 3.8) is 0 Å². The second-order valence-corrected chi connectivity index (χ2v) is 4.82. The summed E-state index contributed by atoms with van der Waals surface area (Å²) in [4.78, 5) is 10.9.